The first kappa shape index (κ1) is 22.4. The van der Waals surface area contributed by atoms with Crippen molar-refractivity contribution in [3.8, 4) is 5.75 Å². The van der Waals surface area contributed by atoms with Gasteiger partial charge in [0.1, 0.15) is 11.8 Å². The summed E-state index contributed by atoms with van der Waals surface area (Å²) in [6.07, 6.45) is 1.98. The topological polar surface area (TPSA) is 90.8 Å². The van der Waals surface area contributed by atoms with Crippen LogP contribution >= 0.6 is 11.6 Å². The van der Waals surface area contributed by atoms with E-state index in [-0.39, 0.29) is 17.6 Å². The maximum Gasteiger partial charge on any atom is 0.262 e. The molecular formula is C22H26ClN3O3. The summed E-state index contributed by atoms with van der Waals surface area (Å²) in [5.74, 6) is -0.309. The number of nitrogens with zero attached hydrogens (tertiary/aromatic N) is 1. The van der Waals surface area contributed by atoms with E-state index in [4.69, 9.17) is 11.6 Å². The third-order valence-electron chi connectivity index (χ3n) is 4.34. The number of benzene rings is 2. The van der Waals surface area contributed by atoms with Crippen LogP contribution in [0.15, 0.2) is 41.5 Å². The number of hydrogen-bond acceptors (Lipinski definition) is 4. The van der Waals surface area contributed by atoms with E-state index in [0.717, 1.165) is 16.7 Å². The lowest BCUT2D eigenvalue weighted by Crippen LogP contribution is -2.46. The Morgan fingerprint density at radius 3 is 2.28 bits per heavy atom. The van der Waals surface area contributed by atoms with Crippen molar-refractivity contribution in [1.29, 1.82) is 0 Å². The summed E-state index contributed by atoms with van der Waals surface area (Å²) in [7, 11) is 0. The predicted octanol–water partition coefficient (Wildman–Crippen LogP) is 3.96. The highest BCUT2D eigenvalue weighted by Crippen LogP contribution is 2.22. The van der Waals surface area contributed by atoms with Gasteiger partial charge in [-0.05, 0) is 79.3 Å². The third-order valence-corrected chi connectivity index (χ3v) is 4.59. The lowest BCUT2D eigenvalue weighted by molar-refractivity contribution is -0.123. The van der Waals surface area contributed by atoms with E-state index in [2.05, 4.69) is 15.8 Å². The first-order valence-electron chi connectivity index (χ1n) is 9.37. The molecule has 0 saturated carbocycles. The number of phenolic OH excluding ortho intramolecular Hbond substituents is 1. The summed E-state index contributed by atoms with van der Waals surface area (Å²) in [4.78, 5) is 25.0. The summed E-state index contributed by atoms with van der Waals surface area (Å²) < 4.78 is 0. The molecule has 2 aromatic carbocycles. The first-order valence-corrected chi connectivity index (χ1v) is 9.74. The zero-order valence-electron chi connectivity index (χ0n) is 17.0. The van der Waals surface area contributed by atoms with Crippen molar-refractivity contribution in [2.75, 3.05) is 0 Å². The Kier molecular flexibility index (Phi) is 7.79. The Morgan fingerprint density at radius 1 is 1.14 bits per heavy atom. The molecule has 0 fully saturated rings. The van der Waals surface area contributed by atoms with Crippen LogP contribution in [0.5, 0.6) is 5.75 Å². The molecule has 0 aliphatic heterocycles. The van der Waals surface area contributed by atoms with Crippen molar-refractivity contribution >= 4 is 29.6 Å². The number of nitrogens with one attached hydrogen (secondary N) is 2. The summed E-state index contributed by atoms with van der Waals surface area (Å²) in [6, 6.07) is 9.28. The third kappa shape index (κ3) is 6.61. The Morgan fingerprint density at radius 2 is 1.72 bits per heavy atom. The van der Waals surface area contributed by atoms with Crippen LogP contribution in [0.4, 0.5) is 0 Å². The second kappa shape index (κ2) is 10.1. The van der Waals surface area contributed by atoms with Crippen LogP contribution in [0.25, 0.3) is 0 Å². The van der Waals surface area contributed by atoms with Gasteiger partial charge in [0.05, 0.1) is 6.21 Å². The molecule has 2 aromatic rings. The molecule has 29 heavy (non-hydrogen) atoms. The van der Waals surface area contributed by atoms with E-state index in [1.165, 1.54) is 6.21 Å². The van der Waals surface area contributed by atoms with Crippen LogP contribution in [0.1, 0.15) is 47.3 Å². The van der Waals surface area contributed by atoms with Gasteiger partial charge in [0.2, 0.25) is 0 Å². The molecule has 7 heteroatoms. The Bertz CT molecular complexity index is 885. The molecule has 2 rings (SSSR count). The van der Waals surface area contributed by atoms with Gasteiger partial charge in [0.25, 0.3) is 11.8 Å². The number of hydrazone groups is 1. The molecule has 2 amide bonds. The maximum absolute atomic E-state index is 12.6. The summed E-state index contributed by atoms with van der Waals surface area (Å²) in [6.45, 7) is 7.53. The van der Waals surface area contributed by atoms with Crippen molar-refractivity contribution in [2.24, 2.45) is 11.0 Å². The zero-order valence-corrected chi connectivity index (χ0v) is 17.7. The molecule has 0 saturated heterocycles. The van der Waals surface area contributed by atoms with Gasteiger partial charge in [-0.1, -0.05) is 25.4 Å². The quantitative estimate of drug-likeness (QED) is 0.472. The number of hydrogen-bond donors (Lipinski definition) is 3. The average molecular weight is 416 g/mol. The second-order valence-electron chi connectivity index (χ2n) is 7.40. The van der Waals surface area contributed by atoms with Crippen LogP contribution in [0, 0.1) is 19.8 Å². The average Bonchev–Trinajstić information content (AvgIpc) is 2.65. The number of phenols is 1. The monoisotopic (exact) mass is 415 g/mol. The fourth-order valence-electron chi connectivity index (χ4n) is 2.86. The van der Waals surface area contributed by atoms with Gasteiger partial charge in [-0.2, -0.15) is 5.10 Å². The summed E-state index contributed by atoms with van der Waals surface area (Å²) in [5.41, 5.74) is 5.12. The number of rotatable bonds is 7. The van der Waals surface area contributed by atoms with Gasteiger partial charge in [0, 0.05) is 10.6 Å². The number of carbonyl (C=O) groups excluding carboxylic acids is 2. The van der Waals surface area contributed by atoms with Crippen molar-refractivity contribution in [1.82, 2.24) is 10.7 Å². The summed E-state index contributed by atoms with van der Waals surface area (Å²) >= 11 is 5.85. The highest BCUT2D eigenvalue weighted by molar-refractivity contribution is 6.30. The number of amides is 2. The van der Waals surface area contributed by atoms with Crippen molar-refractivity contribution in [3.63, 3.8) is 0 Å². The van der Waals surface area contributed by atoms with Gasteiger partial charge in [-0.3, -0.25) is 9.59 Å². The van der Waals surface area contributed by atoms with Crippen LogP contribution < -0.4 is 10.7 Å². The van der Waals surface area contributed by atoms with Crippen LogP contribution in [-0.2, 0) is 4.79 Å². The minimum absolute atomic E-state index is 0.197. The molecule has 0 aliphatic carbocycles. The van der Waals surface area contributed by atoms with Gasteiger partial charge in [0.15, 0.2) is 0 Å². The minimum Gasteiger partial charge on any atom is -0.507 e. The van der Waals surface area contributed by atoms with E-state index in [9.17, 15) is 14.7 Å². The van der Waals surface area contributed by atoms with Gasteiger partial charge in [-0.25, -0.2) is 5.43 Å². The molecule has 6 nitrogen and oxygen atoms in total. The van der Waals surface area contributed by atoms with Gasteiger partial charge < -0.3 is 10.4 Å². The molecule has 154 valence electrons. The zero-order chi connectivity index (χ0) is 21.6. The fraction of sp³-hybridized carbons (Fsp3) is 0.318. The van der Waals surface area contributed by atoms with Crippen molar-refractivity contribution in [3.05, 3.63) is 63.7 Å². The molecule has 0 spiro atoms. The maximum atomic E-state index is 12.6. The lowest BCUT2D eigenvalue weighted by atomic mass is 10.0. The fourth-order valence-corrected chi connectivity index (χ4v) is 2.98. The Labute approximate surface area is 176 Å². The SMILES string of the molecule is Cc1cc(C=NNC(=O)C(CC(C)C)NC(=O)c2ccc(Cl)cc2)cc(C)c1O. The number of carbonyl (C=O) groups is 2. The second-order valence-corrected chi connectivity index (χ2v) is 7.84. The molecule has 1 atom stereocenters. The standard InChI is InChI=1S/C22H26ClN3O3/c1-13(2)9-19(25-21(28)17-5-7-18(23)8-6-17)22(29)26-24-12-16-10-14(3)20(27)15(4)11-16/h5-8,10-13,19,27H,9H2,1-4H3,(H,25,28)(H,26,29). The van der Waals surface area contributed by atoms with E-state index in [1.54, 1.807) is 50.2 Å². The molecule has 0 aromatic heterocycles. The normalized spacial score (nSPS) is 12.2. The number of aryl methyl sites for hydroxylation is 2. The van der Waals surface area contributed by atoms with Crippen LogP contribution in [0.2, 0.25) is 5.02 Å². The molecule has 0 heterocycles. The number of halogens is 1. The van der Waals surface area contributed by atoms with Gasteiger partial charge in [-0.15, -0.1) is 0 Å². The highest BCUT2D eigenvalue weighted by atomic mass is 35.5. The van der Waals surface area contributed by atoms with E-state index in [1.807, 2.05) is 13.8 Å². The van der Waals surface area contributed by atoms with Crippen molar-refractivity contribution < 1.29 is 14.7 Å². The van der Waals surface area contributed by atoms with E-state index >= 15 is 0 Å². The van der Waals surface area contributed by atoms with Crippen LogP contribution in [0.3, 0.4) is 0 Å². The lowest BCUT2D eigenvalue weighted by Gasteiger charge is -2.19. The van der Waals surface area contributed by atoms with Crippen molar-refractivity contribution in [2.45, 2.75) is 40.2 Å². The molecule has 1 unspecified atom stereocenters. The molecule has 3 N–H and O–H groups in total. The largest absolute Gasteiger partial charge is 0.507 e. The molecule has 0 radical (unpaired) electrons. The smallest absolute Gasteiger partial charge is 0.262 e. The minimum atomic E-state index is -0.724. The van der Waals surface area contributed by atoms with E-state index in [0.29, 0.717) is 17.0 Å². The predicted molar refractivity (Wildman–Crippen MR) is 115 cm³/mol. The number of aromatic hydroxyl groups is 1. The van der Waals surface area contributed by atoms with E-state index < -0.39 is 11.9 Å². The molecular weight excluding hydrogens is 390 g/mol. The van der Waals surface area contributed by atoms with Gasteiger partial charge >= 0.3 is 0 Å². The highest BCUT2D eigenvalue weighted by Gasteiger charge is 2.22. The van der Waals surface area contributed by atoms with Crippen LogP contribution in [-0.4, -0.2) is 29.2 Å². The Balaban J connectivity index is 2.06. The Hall–Kier alpha value is -2.86. The molecule has 0 aliphatic rings. The summed E-state index contributed by atoms with van der Waals surface area (Å²) in [5, 5.41) is 17.1. The molecule has 0 bridgehead atoms. The first-order chi connectivity index (χ1) is 13.7.